The van der Waals surface area contributed by atoms with Crippen molar-refractivity contribution in [2.24, 2.45) is 0 Å². The average Bonchev–Trinajstić information content (AvgIpc) is 2.53. The molecule has 7 nitrogen and oxygen atoms in total. The molecule has 0 amide bonds. The Morgan fingerprint density at radius 1 is 0.708 bits per heavy atom. The van der Waals surface area contributed by atoms with Gasteiger partial charge in [-0.05, 0) is 26.7 Å². The quantitative estimate of drug-likeness (QED) is 0.240. The minimum Gasteiger partial charge on any atom is -0.405 e. The lowest BCUT2D eigenvalue weighted by molar-refractivity contribution is -0.158. The van der Waals surface area contributed by atoms with Crippen molar-refractivity contribution in [3.05, 3.63) is 0 Å². The van der Waals surface area contributed by atoms with E-state index in [2.05, 4.69) is 13.8 Å². The normalized spacial score (nSPS) is 13.5. The highest BCUT2D eigenvalue weighted by Gasteiger charge is 2.14. The molecule has 0 spiro atoms. The second-order valence-corrected chi connectivity index (χ2v) is 5.29. The maximum Gasteiger partial charge on any atom is 0.512 e. The fourth-order valence-electron chi connectivity index (χ4n) is 1.61. The molecular formula is C17H34O7. The van der Waals surface area contributed by atoms with Gasteiger partial charge in [0.25, 0.3) is 0 Å². The average molecular weight is 350 g/mol. The molecule has 0 aromatic rings. The van der Waals surface area contributed by atoms with Gasteiger partial charge in [-0.3, -0.25) is 0 Å². The lowest BCUT2D eigenvalue weighted by Crippen LogP contribution is -2.25. The van der Waals surface area contributed by atoms with Crippen molar-refractivity contribution in [2.75, 3.05) is 39.6 Å². The van der Waals surface area contributed by atoms with Gasteiger partial charge >= 0.3 is 6.16 Å². The van der Waals surface area contributed by atoms with Crippen LogP contribution in [0.1, 0.15) is 53.4 Å². The molecule has 0 saturated carbocycles. The number of hydrogen-bond donors (Lipinski definition) is 0. The SMILES string of the molecule is CCCCOCCOC(C)OC(=O)OC(C)OCCOCCCC. The van der Waals surface area contributed by atoms with Crippen molar-refractivity contribution in [2.45, 2.75) is 66.0 Å². The van der Waals surface area contributed by atoms with Gasteiger partial charge in [0, 0.05) is 13.2 Å². The van der Waals surface area contributed by atoms with Crippen LogP contribution in [0.3, 0.4) is 0 Å². The van der Waals surface area contributed by atoms with Crippen molar-refractivity contribution >= 4 is 6.16 Å². The standard InChI is InChI=1S/C17H34O7/c1-5-7-9-19-11-13-21-15(3)23-17(18)24-16(4)22-14-12-20-10-8-6-2/h15-16H,5-14H2,1-4H3. The third-order valence-corrected chi connectivity index (χ3v) is 2.97. The van der Waals surface area contributed by atoms with Crippen molar-refractivity contribution in [3.63, 3.8) is 0 Å². The highest BCUT2D eigenvalue weighted by Crippen LogP contribution is 2.02. The molecule has 144 valence electrons. The Kier molecular flexibility index (Phi) is 16.3. The molecule has 0 fully saturated rings. The van der Waals surface area contributed by atoms with E-state index < -0.39 is 18.7 Å². The Morgan fingerprint density at radius 2 is 1.12 bits per heavy atom. The van der Waals surface area contributed by atoms with E-state index in [-0.39, 0.29) is 0 Å². The van der Waals surface area contributed by atoms with Crippen LogP contribution >= 0.6 is 0 Å². The minimum absolute atomic E-state index is 0.360. The maximum atomic E-state index is 11.5. The lowest BCUT2D eigenvalue weighted by Gasteiger charge is -2.17. The Balaban J connectivity index is 3.54. The summed E-state index contributed by atoms with van der Waals surface area (Å²) in [6.45, 7) is 10.6. The van der Waals surface area contributed by atoms with Crippen LogP contribution < -0.4 is 0 Å². The molecule has 0 aliphatic carbocycles. The van der Waals surface area contributed by atoms with Crippen LogP contribution in [0.15, 0.2) is 0 Å². The van der Waals surface area contributed by atoms with E-state index >= 15 is 0 Å². The van der Waals surface area contributed by atoms with E-state index in [1.165, 1.54) is 0 Å². The molecular weight excluding hydrogens is 316 g/mol. The Bertz CT molecular complexity index is 260. The zero-order valence-corrected chi connectivity index (χ0v) is 15.6. The summed E-state index contributed by atoms with van der Waals surface area (Å²) >= 11 is 0. The van der Waals surface area contributed by atoms with Crippen LogP contribution in [-0.2, 0) is 28.4 Å². The summed E-state index contributed by atoms with van der Waals surface area (Å²) in [4.78, 5) is 11.5. The molecule has 0 aliphatic rings. The molecule has 0 aliphatic heterocycles. The molecule has 0 bridgehead atoms. The van der Waals surface area contributed by atoms with Gasteiger partial charge in [0.15, 0.2) is 0 Å². The van der Waals surface area contributed by atoms with Crippen LogP contribution in [0.25, 0.3) is 0 Å². The van der Waals surface area contributed by atoms with Gasteiger partial charge in [-0.2, -0.15) is 0 Å². The molecule has 0 saturated heterocycles. The zero-order valence-electron chi connectivity index (χ0n) is 15.6. The first-order valence-corrected chi connectivity index (χ1v) is 8.86. The van der Waals surface area contributed by atoms with Gasteiger partial charge < -0.3 is 28.4 Å². The van der Waals surface area contributed by atoms with Crippen LogP contribution in [0, 0.1) is 0 Å². The fourth-order valence-corrected chi connectivity index (χ4v) is 1.61. The van der Waals surface area contributed by atoms with Crippen molar-refractivity contribution in [1.82, 2.24) is 0 Å². The summed E-state index contributed by atoms with van der Waals surface area (Å²) in [7, 11) is 0. The Morgan fingerprint density at radius 3 is 1.50 bits per heavy atom. The number of carbonyl (C=O) groups is 1. The van der Waals surface area contributed by atoms with Gasteiger partial charge in [0.05, 0.1) is 26.4 Å². The van der Waals surface area contributed by atoms with E-state index in [9.17, 15) is 4.79 Å². The van der Waals surface area contributed by atoms with Gasteiger partial charge in [-0.15, -0.1) is 0 Å². The highest BCUT2D eigenvalue weighted by atomic mass is 16.8. The summed E-state index contributed by atoms with van der Waals surface area (Å²) in [5.74, 6) is 0. The maximum absolute atomic E-state index is 11.5. The smallest absolute Gasteiger partial charge is 0.405 e. The third-order valence-electron chi connectivity index (χ3n) is 2.97. The predicted molar refractivity (Wildman–Crippen MR) is 89.8 cm³/mol. The molecule has 0 aromatic carbocycles. The first-order chi connectivity index (χ1) is 11.6. The van der Waals surface area contributed by atoms with Crippen LogP contribution in [0.5, 0.6) is 0 Å². The topological polar surface area (TPSA) is 72.5 Å². The predicted octanol–water partition coefficient (Wildman–Crippen LogP) is 3.50. The molecule has 24 heavy (non-hydrogen) atoms. The summed E-state index contributed by atoms with van der Waals surface area (Å²) < 4.78 is 31.2. The number of ether oxygens (including phenoxy) is 6. The van der Waals surface area contributed by atoms with E-state index in [1.807, 2.05) is 0 Å². The van der Waals surface area contributed by atoms with Gasteiger partial charge in [-0.1, -0.05) is 26.7 Å². The lowest BCUT2D eigenvalue weighted by atomic mass is 10.4. The van der Waals surface area contributed by atoms with Gasteiger partial charge in [0.1, 0.15) is 0 Å². The van der Waals surface area contributed by atoms with Crippen molar-refractivity contribution < 1.29 is 33.2 Å². The summed E-state index contributed by atoms with van der Waals surface area (Å²) in [5.41, 5.74) is 0. The first-order valence-electron chi connectivity index (χ1n) is 8.86. The molecule has 2 atom stereocenters. The fraction of sp³-hybridized carbons (Fsp3) is 0.941. The second-order valence-electron chi connectivity index (χ2n) is 5.29. The summed E-state index contributed by atoms with van der Waals surface area (Å²) in [5, 5.41) is 0. The second kappa shape index (κ2) is 17.0. The van der Waals surface area contributed by atoms with Crippen molar-refractivity contribution in [1.29, 1.82) is 0 Å². The molecule has 0 aromatic heterocycles. The Hall–Kier alpha value is -0.890. The van der Waals surface area contributed by atoms with E-state index in [4.69, 9.17) is 28.4 Å². The molecule has 0 radical (unpaired) electrons. The largest absolute Gasteiger partial charge is 0.512 e. The summed E-state index contributed by atoms with van der Waals surface area (Å²) in [6.07, 6.45) is 2.02. The van der Waals surface area contributed by atoms with Crippen LogP contribution in [0.4, 0.5) is 4.79 Å². The molecule has 0 rings (SSSR count). The van der Waals surface area contributed by atoms with E-state index in [0.717, 1.165) is 25.7 Å². The highest BCUT2D eigenvalue weighted by molar-refractivity contribution is 5.60. The van der Waals surface area contributed by atoms with Crippen molar-refractivity contribution in [3.8, 4) is 0 Å². The number of unbranched alkanes of at least 4 members (excludes halogenated alkanes) is 2. The monoisotopic (exact) mass is 350 g/mol. The van der Waals surface area contributed by atoms with Gasteiger partial charge in [-0.25, -0.2) is 4.79 Å². The third kappa shape index (κ3) is 16.0. The summed E-state index contributed by atoms with van der Waals surface area (Å²) in [6, 6.07) is 0. The van der Waals surface area contributed by atoms with E-state index in [0.29, 0.717) is 39.6 Å². The number of rotatable bonds is 16. The zero-order chi connectivity index (χ0) is 18.0. The van der Waals surface area contributed by atoms with Crippen LogP contribution in [0.2, 0.25) is 0 Å². The number of carbonyl (C=O) groups excluding carboxylic acids is 1. The first kappa shape index (κ1) is 23.1. The Labute approximate surface area is 145 Å². The number of hydrogen-bond acceptors (Lipinski definition) is 7. The van der Waals surface area contributed by atoms with Gasteiger partial charge in [0.2, 0.25) is 12.6 Å². The van der Waals surface area contributed by atoms with E-state index in [1.54, 1.807) is 13.8 Å². The molecule has 0 N–H and O–H groups in total. The minimum atomic E-state index is -0.825. The molecule has 0 heterocycles. The van der Waals surface area contributed by atoms with Crippen LogP contribution in [-0.4, -0.2) is 58.4 Å². The molecule has 7 heteroatoms. The molecule has 2 unspecified atom stereocenters.